The highest BCUT2D eigenvalue weighted by Crippen LogP contribution is 2.25. The molecule has 1 atom stereocenters. The first-order valence-corrected chi connectivity index (χ1v) is 6.59. The topological polar surface area (TPSA) is 95.6 Å². The van der Waals surface area contributed by atoms with Crippen LogP contribution in [0.25, 0.3) is 0 Å². The Bertz CT molecular complexity index is 395. The van der Waals surface area contributed by atoms with Gasteiger partial charge in [-0.25, -0.2) is 0 Å². The first-order chi connectivity index (χ1) is 9.10. The zero-order valence-electron chi connectivity index (χ0n) is 11.2. The first kappa shape index (κ1) is 15.3. The van der Waals surface area contributed by atoms with Crippen LogP contribution in [0.1, 0.15) is 36.5 Å². The molecule has 0 radical (unpaired) electrons. The molecule has 1 amide bonds. The fourth-order valence-electron chi connectivity index (χ4n) is 2.08. The summed E-state index contributed by atoms with van der Waals surface area (Å²) < 4.78 is 0. The van der Waals surface area contributed by atoms with Gasteiger partial charge >= 0.3 is 0 Å². The lowest BCUT2D eigenvalue weighted by Gasteiger charge is -2.16. The van der Waals surface area contributed by atoms with Crippen LogP contribution in [-0.4, -0.2) is 29.2 Å². The molecule has 5 N–H and O–H groups in total. The van der Waals surface area contributed by atoms with E-state index >= 15 is 0 Å². The van der Waals surface area contributed by atoms with Crippen LogP contribution in [0.15, 0.2) is 18.2 Å². The second kappa shape index (κ2) is 7.63. The Hall–Kier alpha value is -1.75. The molecule has 5 nitrogen and oxygen atoms in total. The lowest BCUT2D eigenvalue weighted by molar-refractivity contribution is 0.0940. The summed E-state index contributed by atoms with van der Waals surface area (Å²) in [5, 5.41) is 21.9. The Balaban J connectivity index is 2.64. The first-order valence-electron chi connectivity index (χ1n) is 6.59. The average Bonchev–Trinajstić information content (AvgIpc) is 2.36. The van der Waals surface area contributed by atoms with Gasteiger partial charge < -0.3 is 21.3 Å². The Morgan fingerprint density at radius 1 is 1.32 bits per heavy atom. The van der Waals surface area contributed by atoms with E-state index in [1.807, 2.05) is 0 Å². The lowest BCUT2D eigenvalue weighted by atomic mass is 9.99. The maximum absolute atomic E-state index is 11.9. The third kappa shape index (κ3) is 4.44. The van der Waals surface area contributed by atoms with Gasteiger partial charge in [0.1, 0.15) is 17.1 Å². The van der Waals surface area contributed by atoms with E-state index in [9.17, 15) is 15.0 Å². The molecule has 1 aromatic carbocycles. The number of hydrogen-bond acceptors (Lipinski definition) is 4. The third-order valence-corrected chi connectivity index (χ3v) is 3.07. The van der Waals surface area contributed by atoms with Crippen molar-refractivity contribution in [2.24, 2.45) is 11.7 Å². The van der Waals surface area contributed by atoms with Crippen molar-refractivity contribution in [3.8, 4) is 11.5 Å². The maximum Gasteiger partial charge on any atom is 0.258 e. The summed E-state index contributed by atoms with van der Waals surface area (Å²) in [4.78, 5) is 11.9. The number of rotatable bonds is 7. The zero-order chi connectivity index (χ0) is 14.3. The second-order valence-electron chi connectivity index (χ2n) is 4.61. The van der Waals surface area contributed by atoms with Gasteiger partial charge in [-0.15, -0.1) is 0 Å². The predicted molar refractivity (Wildman–Crippen MR) is 74.2 cm³/mol. The number of carbonyl (C=O) groups excluding carboxylic acids is 1. The monoisotopic (exact) mass is 266 g/mol. The summed E-state index contributed by atoms with van der Waals surface area (Å²) in [6.45, 7) is 3.17. The summed E-state index contributed by atoms with van der Waals surface area (Å²) in [7, 11) is 0. The summed E-state index contributed by atoms with van der Waals surface area (Å²) in [5.74, 6) is -0.576. The Morgan fingerprint density at radius 3 is 2.47 bits per heavy atom. The minimum Gasteiger partial charge on any atom is -0.507 e. The molecule has 19 heavy (non-hydrogen) atoms. The maximum atomic E-state index is 11.9. The van der Waals surface area contributed by atoms with E-state index < -0.39 is 5.91 Å². The Kier molecular flexibility index (Phi) is 6.15. The van der Waals surface area contributed by atoms with Crippen molar-refractivity contribution >= 4 is 5.91 Å². The zero-order valence-corrected chi connectivity index (χ0v) is 11.2. The largest absolute Gasteiger partial charge is 0.507 e. The van der Waals surface area contributed by atoms with Crippen molar-refractivity contribution in [3.05, 3.63) is 23.8 Å². The number of phenolic OH excluding ortho intramolecular Hbond substituents is 2. The number of amides is 1. The summed E-state index contributed by atoms with van der Waals surface area (Å²) in [5.41, 5.74) is 5.45. The SMILES string of the molecule is CCCC(CCN)CNC(=O)c1c(O)cccc1O. The van der Waals surface area contributed by atoms with Crippen LogP contribution in [0.3, 0.4) is 0 Å². The highest BCUT2D eigenvalue weighted by atomic mass is 16.3. The smallest absolute Gasteiger partial charge is 0.258 e. The van der Waals surface area contributed by atoms with E-state index in [-0.39, 0.29) is 17.1 Å². The van der Waals surface area contributed by atoms with Crippen LogP contribution in [0.5, 0.6) is 11.5 Å². The van der Waals surface area contributed by atoms with Crippen LogP contribution in [-0.2, 0) is 0 Å². The van der Waals surface area contributed by atoms with Crippen LogP contribution in [0.2, 0.25) is 0 Å². The van der Waals surface area contributed by atoms with E-state index in [4.69, 9.17) is 5.73 Å². The predicted octanol–water partition coefficient (Wildman–Crippen LogP) is 1.59. The molecule has 0 aliphatic rings. The molecule has 0 aliphatic carbocycles. The van der Waals surface area contributed by atoms with E-state index in [0.29, 0.717) is 19.0 Å². The second-order valence-corrected chi connectivity index (χ2v) is 4.61. The molecule has 0 saturated heterocycles. The lowest BCUT2D eigenvalue weighted by Crippen LogP contribution is -2.30. The molecule has 0 heterocycles. The van der Waals surface area contributed by atoms with Gasteiger partial charge in [0.2, 0.25) is 0 Å². The van der Waals surface area contributed by atoms with Crippen molar-refractivity contribution in [2.75, 3.05) is 13.1 Å². The van der Waals surface area contributed by atoms with Crippen molar-refractivity contribution < 1.29 is 15.0 Å². The average molecular weight is 266 g/mol. The van der Waals surface area contributed by atoms with Gasteiger partial charge in [-0.1, -0.05) is 19.4 Å². The van der Waals surface area contributed by atoms with Gasteiger partial charge in [0.25, 0.3) is 5.91 Å². The van der Waals surface area contributed by atoms with Gasteiger partial charge in [0.05, 0.1) is 0 Å². The number of carbonyl (C=O) groups is 1. The van der Waals surface area contributed by atoms with Crippen LogP contribution in [0.4, 0.5) is 0 Å². The quantitative estimate of drug-likeness (QED) is 0.602. The molecule has 1 rings (SSSR count). The number of benzene rings is 1. The van der Waals surface area contributed by atoms with E-state index in [0.717, 1.165) is 19.3 Å². The summed E-state index contributed by atoms with van der Waals surface area (Å²) in [6, 6.07) is 4.23. The highest BCUT2D eigenvalue weighted by Gasteiger charge is 2.17. The van der Waals surface area contributed by atoms with Crippen LogP contribution >= 0.6 is 0 Å². The number of phenols is 2. The number of aromatic hydroxyl groups is 2. The molecular weight excluding hydrogens is 244 g/mol. The van der Waals surface area contributed by atoms with E-state index in [1.54, 1.807) is 0 Å². The molecular formula is C14H22N2O3. The minimum absolute atomic E-state index is 0.0782. The minimum atomic E-state index is -0.464. The van der Waals surface area contributed by atoms with Gasteiger partial charge in [-0.3, -0.25) is 4.79 Å². The number of hydrogen-bond donors (Lipinski definition) is 4. The normalized spacial score (nSPS) is 12.1. The van der Waals surface area contributed by atoms with Gasteiger partial charge in [0, 0.05) is 6.54 Å². The summed E-state index contributed by atoms with van der Waals surface area (Å²) >= 11 is 0. The Morgan fingerprint density at radius 2 is 1.95 bits per heavy atom. The van der Waals surface area contributed by atoms with Crippen LogP contribution < -0.4 is 11.1 Å². The van der Waals surface area contributed by atoms with Crippen molar-refractivity contribution in [1.82, 2.24) is 5.32 Å². The van der Waals surface area contributed by atoms with Crippen molar-refractivity contribution in [1.29, 1.82) is 0 Å². The van der Waals surface area contributed by atoms with Gasteiger partial charge in [0.15, 0.2) is 0 Å². The molecule has 106 valence electrons. The molecule has 0 bridgehead atoms. The number of nitrogens with two attached hydrogens (primary N) is 1. The van der Waals surface area contributed by atoms with Gasteiger partial charge in [-0.2, -0.15) is 0 Å². The molecule has 5 heteroatoms. The molecule has 0 saturated carbocycles. The van der Waals surface area contributed by atoms with E-state index in [1.165, 1.54) is 18.2 Å². The molecule has 0 spiro atoms. The standard InChI is InChI=1S/C14H22N2O3/c1-2-4-10(7-8-15)9-16-14(19)13-11(17)5-3-6-12(13)18/h3,5-6,10,17-18H,2,4,7-9,15H2,1H3,(H,16,19). The van der Waals surface area contributed by atoms with Crippen molar-refractivity contribution in [3.63, 3.8) is 0 Å². The van der Waals surface area contributed by atoms with Gasteiger partial charge in [-0.05, 0) is 37.4 Å². The fraction of sp³-hybridized carbons (Fsp3) is 0.500. The Labute approximate surface area is 113 Å². The van der Waals surface area contributed by atoms with Crippen molar-refractivity contribution in [2.45, 2.75) is 26.2 Å². The van der Waals surface area contributed by atoms with Crippen LogP contribution in [0, 0.1) is 5.92 Å². The summed E-state index contributed by atoms with van der Waals surface area (Å²) in [6.07, 6.45) is 2.87. The highest BCUT2D eigenvalue weighted by molar-refractivity contribution is 5.99. The third-order valence-electron chi connectivity index (χ3n) is 3.07. The molecule has 1 unspecified atom stereocenters. The number of nitrogens with one attached hydrogen (secondary N) is 1. The fourth-order valence-corrected chi connectivity index (χ4v) is 2.08. The molecule has 0 fully saturated rings. The molecule has 1 aromatic rings. The molecule has 0 aliphatic heterocycles. The molecule has 0 aromatic heterocycles. The van der Waals surface area contributed by atoms with E-state index in [2.05, 4.69) is 12.2 Å².